The number of methoxy groups -OCH3 is 2. The Hall–Kier alpha value is -1.41. The van der Waals surface area contributed by atoms with Crippen LogP contribution in [0.1, 0.15) is 114 Å². The Balaban J connectivity index is 2.07. The van der Waals surface area contributed by atoms with Gasteiger partial charge in [-0.15, -0.1) is 0 Å². The second-order valence-corrected chi connectivity index (χ2v) is 10.2. The standard InChI is InChI=1S/C27H43O4P/c1-4-5-6-7-8-9-10-11-13-19-24(32-29)27(20-14-12-15-21-27)26(28)25-22(30-2)17-16-18-23(25)31-3/h16-18,24H,4-15,19-21H2,1-3H3. The van der Waals surface area contributed by atoms with Gasteiger partial charge in [-0.3, -0.25) is 9.36 Å². The van der Waals surface area contributed by atoms with Crippen molar-refractivity contribution >= 4 is 14.2 Å². The molecule has 1 fully saturated rings. The summed E-state index contributed by atoms with van der Waals surface area (Å²) < 4.78 is 23.5. The number of carbonyl (C=O) groups excluding carboxylic acids is 1. The van der Waals surface area contributed by atoms with Crippen LogP contribution in [-0.2, 0) is 4.57 Å². The number of rotatable bonds is 16. The number of carbonyl (C=O) groups is 1. The van der Waals surface area contributed by atoms with E-state index in [4.69, 9.17) is 9.47 Å². The van der Waals surface area contributed by atoms with Gasteiger partial charge in [-0.05, 0) is 31.4 Å². The SMILES string of the molecule is CCCCCCCCCCCC(P=O)C1(C(=O)c2c(OC)cccc2OC)CCCCC1. The second-order valence-electron chi connectivity index (χ2n) is 9.32. The minimum Gasteiger partial charge on any atom is -0.496 e. The number of hydrogen-bond acceptors (Lipinski definition) is 4. The molecule has 0 N–H and O–H groups in total. The molecule has 0 radical (unpaired) electrons. The molecule has 2 rings (SSSR count). The summed E-state index contributed by atoms with van der Waals surface area (Å²) in [7, 11) is 3.27. The molecule has 0 amide bonds. The van der Waals surface area contributed by atoms with E-state index in [9.17, 15) is 9.36 Å². The fourth-order valence-corrected chi connectivity index (χ4v) is 6.16. The summed E-state index contributed by atoms with van der Waals surface area (Å²) >= 11 is 0. The molecule has 1 aromatic rings. The zero-order valence-electron chi connectivity index (χ0n) is 20.5. The van der Waals surface area contributed by atoms with Crippen LogP contribution in [0.5, 0.6) is 11.5 Å². The van der Waals surface area contributed by atoms with Crippen molar-refractivity contribution in [3.63, 3.8) is 0 Å². The number of hydrogen-bond donors (Lipinski definition) is 0. The van der Waals surface area contributed by atoms with Crippen LogP contribution in [0.15, 0.2) is 18.2 Å². The fraction of sp³-hybridized carbons (Fsp3) is 0.741. The van der Waals surface area contributed by atoms with E-state index in [1.807, 2.05) is 18.2 Å². The third-order valence-electron chi connectivity index (χ3n) is 7.20. The first-order valence-electron chi connectivity index (χ1n) is 12.7. The van der Waals surface area contributed by atoms with Gasteiger partial charge < -0.3 is 9.47 Å². The van der Waals surface area contributed by atoms with Crippen molar-refractivity contribution < 1.29 is 18.8 Å². The van der Waals surface area contributed by atoms with Crippen LogP contribution >= 0.6 is 8.46 Å². The van der Waals surface area contributed by atoms with Crippen molar-refractivity contribution in [1.82, 2.24) is 0 Å². The van der Waals surface area contributed by atoms with Gasteiger partial charge in [0.05, 0.1) is 19.9 Å². The molecule has 5 heteroatoms. The van der Waals surface area contributed by atoms with E-state index in [2.05, 4.69) is 6.92 Å². The molecule has 1 aromatic carbocycles. The highest BCUT2D eigenvalue weighted by Crippen LogP contribution is 2.50. The first-order chi connectivity index (χ1) is 15.6. The van der Waals surface area contributed by atoms with Crippen LogP contribution in [-0.4, -0.2) is 25.7 Å². The van der Waals surface area contributed by atoms with E-state index in [0.717, 1.165) is 51.4 Å². The fourth-order valence-electron chi connectivity index (χ4n) is 5.30. The van der Waals surface area contributed by atoms with Crippen LogP contribution in [0.25, 0.3) is 0 Å². The summed E-state index contributed by atoms with van der Waals surface area (Å²) in [5.74, 6) is 1.14. The van der Waals surface area contributed by atoms with E-state index in [0.29, 0.717) is 17.1 Å². The predicted octanol–water partition coefficient (Wildman–Crippen LogP) is 8.42. The number of unbranched alkanes of at least 4 members (excludes halogenated alkanes) is 8. The van der Waals surface area contributed by atoms with Crippen LogP contribution in [0.3, 0.4) is 0 Å². The molecule has 0 saturated heterocycles. The second kappa shape index (κ2) is 14.7. The molecule has 1 aliphatic rings. The molecule has 1 saturated carbocycles. The Morgan fingerprint density at radius 3 is 1.94 bits per heavy atom. The van der Waals surface area contributed by atoms with E-state index < -0.39 is 5.41 Å². The normalized spacial score (nSPS) is 16.6. The van der Waals surface area contributed by atoms with E-state index in [-0.39, 0.29) is 19.9 Å². The largest absolute Gasteiger partial charge is 0.496 e. The average Bonchev–Trinajstić information content (AvgIpc) is 2.84. The highest BCUT2D eigenvalue weighted by atomic mass is 31.1. The lowest BCUT2D eigenvalue weighted by atomic mass is 9.66. The molecule has 32 heavy (non-hydrogen) atoms. The van der Waals surface area contributed by atoms with Gasteiger partial charge in [0.25, 0.3) is 0 Å². The van der Waals surface area contributed by atoms with Crippen LogP contribution in [0, 0.1) is 5.41 Å². The van der Waals surface area contributed by atoms with Crippen molar-refractivity contribution in [3.8, 4) is 11.5 Å². The van der Waals surface area contributed by atoms with Crippen molar-refractivity contribution in [2.24, 2.45) is 5.41 Å². The Morgan fingerprint density at radius 1 is 0.906 bits per heavy atom. The molecule has 0 aromatic heterocycles. The zero-order valence-corrected chi connectivity index (χ0v) is 21.4. The molecule has 0 heterocycles. The van der Waals surface area contributed by atoms with Crippen molar-refractivity contribution in [1.29, 1.82) is 0 Å². The summed E-state index contributed by atoms with van der Waals surface area (Å²) in [5.41, 5.74) is -0.224. The highest BCUT2D eigenvalue weighted by molar-refractivity contribution is 7.24. The Morgan fingerprint density at radius 2 is 1.44 bits per heavy atom. The number of ether oxygens (including phenoxy) is 2. The van der Waals surface area contributed by atoms with Gasteiger partial charge in [-0.25, -0.2) is 0 Å². The monoisotopic (exact) mass is 462 g/mol. The Kier molecular flexibility index (Phi) is 12.3. The smallest absolute Gasteiger partial charge is 0.177 e. The lowest BCUT2D eigenvalue weighted by molar-refractivity contribution is 0.0687. The first kappa shape index (κ1) is 26.8. The molecule has 0 spiro atoms. The third-order valence-corrected chi connectivity index (χ3v) is 8.21. The maximum Gasteiger partial charge on any atom is 0.177 e. The topological polar surface area (TPSA) is 52.6 Å². The highest BCUT2D eigenvalue weighted by Gasteiger charge is 2.48. The van der Waals surface area contributed by atoms with Crippen LogP contribution in [0.2, 0.25) is 0 Å². The van der Waals surface area contributed by atoms with Crippen molar-refractivity contribution in [2.45, 2.75) is 109 Å². The molecule has 4 nitrogen and oxygen atoms in total. The van der Waals surface area contributed by atoms with Gasteiger partial charge in [-0.2, -0.15) is 0 Å². The van der Waals surface area contributed by atoms with Gasteiger partial charge >= 0.3 is 0 Å². The van der Waals surface area contributed by atoms with Gasteiger partial charge in [0.2, 0.25) is 0 Å². The minimum absolute atomic E-state index is 0.0516. The summed E-state index contributed by atoms with van der Waals surface area (Å²) in [6, 6.07) is 5.47. The quantitative estimate of drug-likeness (QED) is 0.141. The van der Waals surface area contributed by atoms with E-state index in [1.54, 1.807) is 14.2 Å². The predicted molar refractivity (Wildman–Crippen MR) is 133 cm³/mol. The molecular formula is C27H43O4P. The van der Waals surface area contributed by atoms with Crippen molar-refractivity contribution in [2.75, 3.05) is 14.2 Å². The summed E-state index contributed by atoms with van der Waals surface area (Å²) in [6.07, 6.45) is 16.9. The maximum atomic E-state index is 14.0. The summed E-state index contributed by atoms with van der Waals surface area (Å²) in [4.78, 5) is 14.0. The molecule has 1 aliphatic carbocycles. The minimum atomic E-state index is -0.594. The van der Waals surface area contributed by atoms with Gasteiger partial charge in [0, 0.05) is 5.41 Å². The Bertz CT molecular complexity index is 675. The van der Waals surface area contributed by atoms with E-state index >= 15 is 0 Å². The average molecular weight is 463 g/mol. The first-order valence-corrected chi connectivity index (χ1v) is 13.6. The molecular weight excluding hydrogens is 419 g/mol. The van der Waals surface area contributed by atoms with Crippen molar-refractivity contribution in [3.05, 3.63) is 23.8 Å². The number of Topliss-reactive ketones (excluding diaryl/α,β-unsaturated/α-hetero) is 1. The summed E-state index contributed by atoms with van der Waals surface area (Å²) in [5, 5.41) is 0. The molecule has 1 unspecified atom stereocenters. The lowest BCUT2D eigenvalue weighted by Gasteiger charge is -2.40. The third kappa shape index (κ3) is 7.04. The lowest BCUT2D eigenvalue weighted by Crippen LogP contribution is -2.42. The zero-order chi connectivity index (χ0) is 23.2. The van der Waals surface area contributed by atoms with E-state index in [1.165, 1.54) is 44.9 Å². The number of ketones is 1. The van der Waals surface area contributed by atoms with Gasteiger partial charge in [0.15, 0.2) is 14.2 Å². The molecule has 1 atom stereocenters. The van der Waals surface area contributed by atoms with Crippen LogP contribution < -0.4 is 9.47 Å². The number of benzene rings is 1. The molecule has 0 aliphatic heterocycles. The summed E-state index contributed by atoms with van der Waals surface area (Å²) in [6.45, 7) is 2.25. The molecule has 0 bridgehead atoms. The Labute approximate surface area is 197 Å². The molecule has 180 valence electrons. The maximum absolute atomic E-state index is 14.0. The van der Waals surface area contributed by atoms with Gasteiger partial charge in [-0.1, -0.05) is 90.0 Å². The van der Waals surface area contributed by atoms with Gasteiger partial charge in [0.1, 0.15) is 17.1 Å². The van der Waals surface area contributed by atoms with Crippen LogP contribution in [0.4, 0.5) is 0 Å².